The molecule has 55 heavy (non-hydrogen) atoms. The summed E-state index contributed by atoms with van der Waals surface area (Å²) in [6.07, 6.45) is -1.15. The Balaban J connectivity index is 4.36. The second-order valence-corrected chi connectivity index (χ2v) is 12.3. The Hall–Kier alpha value is -5.83. The zero-order valence-electron chi connectivity index (χ0n) is 30.7. The number of carbonyl (C=O) groups excluding carboxylic acids is 7. The van der Waals surface area contributed by atoms with E-state index in [-0.39, 0.29) is 116 Å². The van der Waals surface area contributed by atoms with E-state index in [1.54, 1.807) is 0 Å². The molecule has 0 aromatic carbocycles. The third-order valence-electron chi connectivity index (χ3n) is 7.53. The fourth-order valence-corrected chi connectivity index (χ4v) is 4.60. The van der Waals surface area contributed by atoms with Crippen LogP contribution in [-0.4, -0.2) is 130 Å². The lowest BCUT2D eigenvalue weighted by Crippen LogP contribution is -2.42. The van der Waals surface area contributed by atoms with Gasteiger partial charge in [-0.2, -0.15) is 0 Å². The van der Waals surface area contributed by atoms with Crippen molar-refractivity contribution < 1.29 is 73.2 Å². The van der Waals surface area contributed by atoms with Crippen molar-refractivity contribution in [2.24, 2.45) is 0 Å². The Morgan fingerprint density at radius 3 is 0.909 bits per heavy atom. The molecule has 22 heteroatoms. The van der Waals surface area contributed by atoms with Crippen LogP contribution in [0.15, 0.2) is 0 Å². The first-order valence-corrected chi connectivity index (χ1v) is 17.7. The third kappa shape index (κ3) is 27.4. The van der Waals surface area contributed by atoms with E-state index in [4.69, 9.17) is 5.11 Å². The van der Waals surface area contributed by atoms with Gasteiger partial charge in [-0.1, -0.05) is 0 Å². The molecule has 0 bridgehead atoms. The monoisotopic (exact) mass is 787 g/mol. The molecule has 0 aromatic rings. The highest BCUT2D eigenvalue weighted by molar-refractivity contribution is 5.86. The van der Waals surface area contributed by atoms with E-state index in [0.29, 0.717) is 6.42 Å². The maximum absolute atomic E-state index is 12.3. The summed E-state index contributed by atoms with van der Waals surface area (Å²) in [5.74, 6) is -8.79. The van der Waals surface area contributed by atoms with Crippen molar-refractivity contribution in [2.75, 3.05) is 26.2 Å². The van der Waals surface area contributed by atoms with Gasteiger partial charge in [-0.3, -0.25) is 38.4 Å². The number of carbonyl (C=O) groups is 11. The molecule has 3 atom stereocenters. The molecular weight excluding hydrogens is 734 g/mol. The lowest BCUT2D eigenvalue weighted by atomic mass is 10.1. The molecule has 0 aliphatic heterocycles. The maximum Gasteiger partial charge on any atom is 0.326 e. The summed E-state index contributed by atoms with van der Waals surface area (Å²) < 4.78 is 0. The summed E-state index contributed by atoms with van der Waals surface area (Å²) in [7, 11) is 0. The van der Waals surface area contributed by atoms with Gasteiger partial charge in [0.05, 0.1) is 0 Å². The van der Waals surface area contributed by atoms with Gasteiger partial charge in [-0.05, 0) is 44.9 Å². The van der Waals surface area contributed by atoms with Gasteiger partial charge in [0.25, 0.3) is 0 Å². The molecule has 0 saturated carbocycles. The van der Waals surface area contributed by atoms with Crippen molar-refractivity contribution in [2.45, 2.75) is 115 Å². The van der Waals surface area contributed by atoms with Gasteiger partial charge >= 0.3 is 23.9 Å². The minimum absolute atomic E-state index is 0.00522. The predicted molar refractivity (Wildman–Crippen MR) is 189 cm³/mol. The van der Waals surface area contributed by atoms with Gasteiger partial charge < -0.3 is 57.6 Å². The zero-order valence-corrected chi connectivity index (χ0v) is 30.7. The van der Waals surface area contributed by atoms with Gasteiger partial charge in [-0.15, -0.1) is 0 Å². The smallest absolute Gasteiger partial charge is 0.326 e. The molecular formula is C33H53N7O15. The Labute approximate surface area is 316 Å². The predicted octanol–water partition coefficient (Wildman–Crippen LogP) is -2.27. The number of hydrogen-bond donors (Lipinski definition) is 11. The van der Waals surface area contributed by atoms with E-state index < -0.39 is 77.4 Å². The van der Waals surface area contributed by atoms with Gasteiger partial charge in [-0.25, -0.2) is 14.4 Å². The number of nitrogens with one attached hydrogen (secondary N) is 7. The average Bonchev–Trinajstić information content (AvgIpc) is 3.10. The average molecular weight is 788 g/mol. The topological polar surface area (TPSA) is 353 Å². The molecule has 11 N–H and O–H groups in total. The molecule has 310 valence electrons. The molecule has 0 heterocycles. The van der Waals surface area contributed by atoms with E-state index in [0.717, 1.165) is 0 Å². The van der Waals surface area contributed by atoms with Crippen molar-refractivity contribution in [3.05, 3.63) is 0 Å². The molecule has 0 spiro atoms. The molecule has 0 aliphatic rings. The van der Waals surface area contributed by atoms with Crippen LogP contribution >= 0.6 is 0 Å². The second kappa shape index (κ2) is 28.6. The Bertz CT molecular complexity index is 1360. The first-order chi connectivity index (χ1) is 25.9. The standard InChI is InChI=1S/C33H53N7O15/c1-20(41)34-16-2-6-27(45)38-21(31(50)51)10-13-24(42)35-17-3-7-28(46)39-22(32(52)53)11-14-25(43)36-18-4-8-29(47)40-23(33(54)55)12-15-26(44)37-19-5-9-30(48)49/h21-23H,2-19H2,1H3,(H,34,41)(H,35,42)(H,36,43)(H,37,44)(H,38,45)(H,39,46)(H,40,47)(H,48,49)(H,50,51)(H,52,53)(H,54,55)/t21-,22-,23-/m0/s1. The summed E-state index contributed by atoms with van der Waals surface area (Å²) >= 11 is 0. The molecule has 0 radical (unpaired) electrons. The first kappa shape index (κ1) is 49.2. The summed E-state index contributed by atoms with van der Waals surface area (Å²) in [6.45, 7) is 1.70. The lowest BCUT2D eigenvalue weighted by molar-refractivity contribution is -0.142. The Morgan fingerprint density at radius 1 is 0.382 bits per heavy atom. The van der Waals surface area contributed by atoms with E-state index in [2.05, 4.69) is 37.2 Å². The number of rotatable bonds is 31. The molecule has 0 rings (SSSR count). The summed E-state index contributed by atoms with van der Waals surface area (Å²) in [5, 5.41) is 53.6. The fraction of sp³-hybridized carbons (Fsp3) is 0.667. The van der Waals surface area contributed by atoms with Crippen molar-refractivity contribution in [3.8, 4) is 0 Å². The van der Waals surface area contributed by atoms with Crippen molar-refractivity contribution in [3.63, 3.8) is 0 Å². The Morgan fingerprint density at radius 2 is 0.655 bits per heavy atom. The van der Waals surface area contributed by atoms with Crippen LogP contribution in [-0.2, 0) is 52.7 Å². The number of carboxylic acid groups (broad SMARTS) is 4. The van der Waals surface area contributed by atoms with Crippen molar-refractivity contribution in [1.29, 1.82) is 0 Å². The third-order valence-corrected chi connectivity index (χ3v) is 7.53. The molecule has 0 aromatic heterocycles. The summed E-state index contributed by atoms with van der Waals surface area (Å²) in [4.78, 5) is 129. The van der Waals surface area contributed by atoms with Crippen LogP contribution in [0.5, 0.6) is 0 Å². The highest BCUT2D eigenvalue weighted by atomic mass is 16.4. The minimum Gasteiger partial charge on any atom is -0.481 e. The maximum atomic E-state index is 12.3. The molecule has 0 aliphatic carbocycles. The van der Waals surface area contributed by atoms with Gasteiger partial charge in [0.1, 0.15) is 18.1 Å². The minimum atomic E-state index is -1.40. The van der Waals surface area contributed by atoms with Gasteiger partial charge in [0, 0.05) is 78.0 Å². The van der Waals surface area contributed by atoms with E-state index in [1.165, 1.54) is 6.92 Å². The molecule has 7 amide bonds. The van der Waals surface area contributed by atoms with Gasteiger partial charge in [0.15, 0.2) is 0 Å². The Kier molecular flexibility index (Phi) is 25.6. The summed E-state index contributed by atoms with van der Waals surface area (Å²) in [5.41, 5.74) is 0. The van der Waals surface area contributed by atoms with E-state index in [1.807, 2.05) is 0 Å². The number of carboxylic acids is 4. The first-order valence-electron chi connectivity index (χ1n) is 17.7. The molecule has 0 fully saturated rings. The largest absolute Gasteiger partial charge is 0.481 e. The highest BCUT2D eigenvalue weighted by Gasteiger charge is 2.23. The van der Waals surface area contributed by atoms with Crippen LogP contribution in [0.25, 0.3) is 0 Å². The van der Waals surface area contributed by atoms with Crippen molar-refractivity contribution in [1.82, 2.24) is 37.2 Å². The normalized spacial score (nSPS) is 12.1. The van der Waals surface area contributed by atoms with Crippen LogP contribution in [0.3, 0.4) is 0 Å². The number of hydrogen-bond acceptors (Lipinski definition) is 11. The fourth-order valence-electron chi connectivity index (χ4n) is 4.60. The van der Waals surface area contributed by atoms with Crippen LogP contribution in [0, 0.1) is 0 Å². The molecule has 0 saturated heterocycles. The van der Waals surface area contributed by atoms with Crippen LogP contribution in [0.4, 0.5) is 0 Å². The molecule has 22 nitrogen and oxygen atoms in total. The van der Waals surface area contributed by atoms with E-state index in [9.17, 15) is 68.1 Å². The number of aliphatic carboxylic acids is 4. The van der Waals surface area contributed by atoms with Crippen LogP contribution < -0.4 is 37.2 Å². The van der Waals surface area contributed by atoms with E-state index >= 15 is 0 Å². The summed E-state index contributed by atoms with van der Waals surface area (Å²) in [6, 6.07) is -4.05. The van der Waals surface area contributed by atoms with Crippen molar-refractivity contribution >= 4 is 65.2 Å². The quantitative estimate of drug-likeness (QED) is 0.0330. The SMILES string of the molecule is CC(=O)NCCCC(=O)N[C@@H](CCC(=O)NCCCC(=O)N[C@@H](CCC(=O)NCCCC(=O)N[C@@H](CCC(=O)NCCCC(=O)O)C(=O)O)C(=O)O)C(=O)O. The zero-order chi connectivity index (χ0) is 41.8. The molecule has 0 unspecified atom stereocenters. The lowest BCUT2D eigenvalue weighted by Gasteiger charge is -2.15. The van der Waals surface area contributed by atoms with Crippen LogP contribution in [0.1, 0.15) is 96.8 Å². The number of amides is 7. The van der Waals surface area contributed by atoms with Gasteiger partial charge in [0.2, 0.25) is 41.4 Å². The highest BCUT2D eigenvalue weighted by Crippen LogP contribution is 2.04. The van der Waals surface area contributed by atoms with Crippen LogP contribution in [0.2, 0.25) is 0 Å². The second-order valence-electron chi connectivity index (χ2n) is 12.3.